The van der Waals surface area contributed by atoms with Crippen LogP contribution in [0.5, 0.6) is 0 Å². The molecule has 1 heterocycles. The van der Waals surface area contributed by atoms with Gasteiger partial charge in [-0.1, -0.05) is 11.3 Å². The van der Waals surface area contributed by atoms with E-state index in [0.29, 0.717) is 6.54 Å². The number of benzene rings is 1. The van der Waals surface area contributed by atoms with Crippen LogP contribution in [0, 0.1) is 13.8 Å². The third-order valence-corrected chi connectivity index (χ3v) is 2.63. The summed E-state index contributed by atoms with van der Waals surface area (Å²) in [5.41, 5.74) is 4.67. The summed E-state index contributed by atoms with van der Waals surface area (Å²) < 4.78 is 1.71. The monoisotopic (exact) mass is 216 g/mol. The molecule has 84 valence electrons. The molecule has 0 saturated carbocycles. The van der Waals surface area contributed by atoms with E-state index in [1.165, 1.54) is 11.1 Å². The van der Waals surface area contributed by atoms with Crippen LogP contribution in [0.2, 0.25) is 0 Å². The van der Waals surface area contributed by atoms with Crippen LogP contribution in [0.15, 0.2) is 24.4 Å². The molecular formula is C12H16N4. The molecule has 4 nitrogen and oxygen atoms in total. The Morgan fingerprint density at radius 1 is 1.25 bits per heavy atom. The maximum atomic E-state index is 4.02. The fraction of sp³-hybridized carbons (Fsp3) is 0.333. The zero-order valence-corrected chi connectivity index (χ0v) is 9.86. The van der Waals surface area contributed by atoms with Crippen LogP contribution in [0.4, 0.5) is 5.69 Å². The third-order valence-electron chi connectivity index (χ3n) is 2.63. The van der Waals surface area contributed by atoms with Crippen molar-refractivity contribution in [2.45, 2.75) is 20.4 Å². The molecule has 2 aromatic rings. The maximum Gasteiger partial charge on any atom is 0.102 e. The van der Waals surface area contributed by atoms with Crippen molar-refractivity contribution in [3.63, 3.8) is 0 Å². The second kappa shape index (κ2) is 4.35. The molecule has 0 unspecified atom stereocenters. The normalized spacial score (nSPS) is 10.4. The lowest BCUT2D eigenvalue weighted by Gasteiger charge is -2.06. The van der Waals surface area contributed by atoms with Gasteiger partial charge >= 0.3 is 0 Å². The summed E-state index contributed by atoms with van der Waals surface area (Å²) in [7, 11) is 1.87. The van der Waals surface area contributed by atoms with Crippen molar-refractivity contribution < 1.29 is 0 Å². The second-order valence-corrected chi connectivity index (χ2v) is 4.04. The van der Waals surface area contributed by atoms with Gasteiger partial charge in [-0.25, -0.2) is 0 Å². The van der Waals surface area contributed by atoms with Crippen molar-refractivity contribution in [1.82, 2.24) is 15.0 Å². The molecule has 0 saturated heterocycles. The number of anilines is 1. The number of nitrogens with zero attached hydrogens (tertiary/aromatic N) is 3. The molecule has 0 fully saturated rings. The zero-order chi connectivity index (χ0) is 11.5. The average Bonchev–Trinajstić information content (AvgIpc) is 2.66. The Kier molecular flexibility index (Phi) is 2.90. The largest absolute Gasteiger partial charge is 0.379 e. The Balaban J connectivity index is 2.02. The molecular weight excluding hydrogens is 200 g/mol. The van der Waals surface area contributed by atoms with Crippen LogP contribution in [0.3, 0.4) is 0 Å². The number of hydrogen-bond acceptors (Lipinski definition) is 3. The quantitative estimate of drug-likeness (QED) is 0.853. The van der Waals surface area contributed by atoms with E-state index in [4.69, 9.17) is 0 Å². The lowest BCUT2D eigenvalue weighted by Crippen LogP contribution is -2.00. The summed E-state index contributed by atoms with van der Waals surface area (Å²) in [6.45, 7) is 4.93. The van der Waals surface area contributed by atoms with Gasteiger partial charge in [0.1, 0.15) is 5.69 Å². The fourth-order valence-corrected chi connectivity index (χ4v) is 1.52. The van der Waals surface area contributed by atoms with Gasteiger partial charge in [0.05, 0.1) is 6.54 Å². The zero-order valence-electron chi connectivity index (χ0n) is 9.86. The number of hydrogen-bond donors (Lipinski definition) is 1. The van der Waals surface area contributed by atoms with Crippen LogP contribution >= 0.6 is 0 Å². The molecule has 0 amide bonds. The molecule has 4 heteroatoms. The van der Waals surface area contributed by atoms with Gasteiger partial charge in [0.25, 0.3) is 0 Å². The molecule has 0 bridgehead atoms. The molecule has 1 N–H and O–H groups in total. The molecule has 0 radical (unpaired) electrons. The summed E-state index contributed by atoms with van der Waals surface area (Å²) >= 11 is 0. The first-order valence-electron chi connectivity index (χ1n) is 5.31. The van der Waals surface area contributed by atoms with Crippen LogP contribution in [-0.2, 0) is 13.6 Å². The van der Waals surface area contributed by atoms with Crippen molar-refractivity contribution in [3.8, 4) is 0 Å². The van der Waals surface area contributed by atoms with E-state index in [2.05, 4.69) is 47.7 Å². The van der Waals surface area contributed by atoms with Gasteiger partial charge in [-0.3, -0.25) is 4.68 Å². The van der Waals surface area contributed by atoms with E-state index in [9.17, 15) is 0 Å². The first-order valence-corrected chi connectivity index (χ1v) is 5.31. The van der Waals surface area contributed by atoms with Gasteiger partial charge in [-0.2, -0.15) is 0 Å². The molecule has 0 aliphatic rings. The number of aryl methyl sites for hydroxylation is 3. The lowest BCUT2D eigenvalue weighted by atomic mass is 10.1. The first kappa shape index (κ1) is 10.7. The van der Waals surface area contributed by atoms with Gasteiger partial charge in [0.15, 0.2) is 0 Å². The molecule has 0 aliphatic carbocycles. The highest BCUT2D eigenvalue weighted by Crippen LogP contribution is 2.14. The average molecular weight is 216 g/mol. The van der Waals surface area contributed by atoms with E-state index < -0.39 is 0 Å². The Morgan fingerprint density at radius 2 is 2.06 bits per heavy atom. The van der Waals surface area contributed by atoms with E-state index >= 15 is 0 Å². The number of nitrogens with one attached hydrogen (secondary N) is 1. The second-order valence-electron chi connectivity index (χ2n) is 4.04. The smallest absolute Gasteiger partial charge is 0.102 e. The number of rotatable bonds is 3. The first-order chi connectivity index (χ1) is 7.65. The summed E-state index contributed by atoms with van der Waals surface area (Å²) in [5, 5.41) is 11.2. The van der Waals surface area contributed by atoms with Crippen molar-refractivity contribution in [1.29, 1.82) is 0 Å². The van der Waals surface area contributed by atoms with E-state index in [-0.39, 0.29) is 0 Å². The summed E-state index contributed by atoms with van der Waals surface area (Å²) in [4.78, 5) is 0. The lowest BCUT2D eigenvalue weighted by molar-refractivity contribution is 0.713. The van der Waals surface area contributed by atoms with Gasteiger partial charge in [0.2, 0.25) is 0 Å². The van der Waals surface area contributed by atoms with Crippen LogP contribution in [0.1, 0.15) is 16.8 Å². The molecule has 0 aliphatic heterocycles. The molecule has 0 atom stereocenters. The topological polar surface area (TPSA) is 42.7 Å². The van der Waals surface area contributed by atoms with Gasteiger partial charge < -0.3 is 5.32 Å². The Morgan fingerprint density at radius 3 is 2.69 bits per heavy atom. The van der Waals surface area contributed by atoms with Crippen molar-refractivity contribution in [2.75, 3.05) is 5.32 Å². The molecule has 1 aromatic heterocycles. The summed E-state index contributed by atoms with van der Waals surface area (Å²) in [6, 6.07) is 6.35. The minimum atomic E-state index is 0.705. The highest BCUT2D eigenvalue weighted by atomic mass is 15.4. The minimum absolute atomic E-state index is 0.705. The van der Waals surface area contributed by atoms with Gasteiger partial charge in [0, 0.05) is 18.9 Å². The van der Waals surface area contributed by atoms with Gasteiger partial charge in [-0.15, -0.1) is 5.10 Å². The summed E-state index contributed by atoms with van der Waals surface area (Å²) in [6.07, 6.45) is 1.91. The predicted molar refractivity (Wildman–Crippen MR) is 64.2 cm³/mol. The highest BCUT2D eigenvalue weighted by molar-refractivity contribution is 5.48. The molecule has 1 aromatic carbocycles. The van der Waals surface area contributed by atoms with E-state index in [1.807, 2.05) is 13.2 Å². The maximum absolute atomic E-state index is 4.02. The van der Waals surface area contributed by atoms with Crippen molar-refractivity contribution >= 4 is 5.69 Å². The van der Waals surface area contributed by atoms with Crippen molar-refractivity contribution in [2.24, 2.45) is 7.05 Å². The minimum Gasteiger partial charge on any atom is -0.379 e. The summed E-state index contributed by atoms with van der Waals surface area (Å²) in [5.74, 6) is 0. The third kappa shape index (κ3) is 2.39. The Labute approximate surface area is 95.3 Å². The molecule has 0 spiro atoms. The highest BCUT2D eigenvalue weighted by Gasteiger charge is 1.99. The Hall–Kier alpha value is -1.84. The standard InChI is InChI=1S/C12H16N4/c1-9-4-5-11(6-10(9)2)13-7-12-8-16(3)15-14-12/h4-6,8,13H,7H2,1-3H3. The van der Waals surface area contributed by atoms with Gasteiger partial charge in [-0.05, 0) is 37.1 Å². The SMILES string of the molecule is Cc1ccc(NCc2cn(C)nn2)cc1C. The fourth-order valence-electron chi connectivity index (χ4n) is 1.52. The number of aromatic nitrogens is 3. The van der Waals surface area contributed by atoms with E-state index in [1.54, 1.807) is 4.68 Å². The van der Waals surface area contributed by atoms with Crippen LogP contribution < -0.4 is 5.32 Å². The van der Waals surface area contributed by atoms with Crippen LogP contribution in [-0.4, -0.2) is 15.0 Å². The molecule has 16 heavy (non-hydrogen) atoms. The van der Waals surface area contributed by atoms with E-state index in [0.717, 1.165) is 11.4 Å². The Bertz CT molecular complexity index is 488. The van der Waals surface area contributed by atoms with Crippen LogP contribution in [0.25, 0.3) is 0 Å². The molecule has 2 rings (SSSR count). The van der Waals surface area contributed by atoms with Crippen molar-refractivity contribution in [3.05, 3.63) is 41.2 Å². The predicted octanol–water partition coefficient (Wildman–Crippen LogP) is 2.04.